The van der Waals surface area contributed by atoms with Gasteiger partial charge in [0.1, 0.15) is 5.66 Å². The van der Waals surface area contributed by atoms with E-state index in [2.05, 4.69) is 0 Å². The van der Waals surface area contributed by atoms with E-state index in [9.17, 15) is 8.42 Å². The Morgan fingerprint density at radius 1 is 1.38 bits per heavy atom. The van der Waals surface area contributed by atoms with Crippen LogP contribution >= 0.6 is 0 Å². The molecule has 0 aliphatic heterocycles. The first-order chi connectivity index (χ1) is 7.41. The van der Waals surface area contributed by atoms with E-state index >= 15 is 0 Å². The molecule has 0 radical (unpaired) electrons. The Labute approximate surface area is 93.8 Å². The fraction of sp³-hybridized carbons (Fsp3) is 0.200. The van der Waals surface area contributed by atoms with Crippen LogP contribution < -0.4 is 10.5 Å². The predicted octanol–water partition coefficient (Wildman–Crippen LogP) is 0.607. The Bertz CT molecular complexity index is 539. The van der Waals surface area contributed by atoms with Crippen LogP contribution in [0.1, 0.15) is 17.5 Å². The molecule has 0 amide bonds. The summed E-state index contributed by atoms with van der Waals surface area (Å²) in [7, 11) is -4.33. The summed E-state index contributed by atoms with van der Waals surface area (Å²) in [5.74, 6) is 0. The summed E-state index contributed by atoms with van der Waals surface area (Å²) in [6.07, 6.45) is 3.93. The van der Waals surface area contributed by atoms with E-state index in [1.165, 1.54) is 0 Å². The molecule has 0 aromatic heterocycles. The smallest absolute Gasteiger partial charge is 0.308 e. The topological polar surface area (TPSA) is 92.4 Å². The summed E-state index contributed by atoms with van der Waals surface area (Å²) >= 11 is 0. The van der Waals surface area contributed by atoms with Crippen LogP contribution in [0, 0.1) is 0 Å². The Hall–Kier alpha value is -1.21. The Balaban J connectivity index is 2.48. The zero-order valence-electron chi connectivity index (χ0n) is 8.42. The van der Waals surface area contributed by atoms with Crippen LogP contribution in [0.4, 0.5) is 0 Å². The first-order valence-electron chi connectivity index (χ1n) is 4.72. The van der Waals surface area contributed by atoms with Crippen molar-refractivity contribution in [2.24, 2.45) is 5.73 Å². The van der Waals surface area contributed by atoms with Gasteiger partial charge in [-0.15, -0.1) is 0 Å². The van der Waals surface area contributed by atoms with E-state index in [-0.39, 0.29) is 0 Å². The normalized spacial score (nSPS) is 24.1. The van der Waals surface area contributed by atoms with Gasteiger partial charge < -0.3 is 5.73 Å². The minimum Gasteiger partial charge on any atom is -0.308 e. The third-order valence-electron chi connectivity index (χ3n) is 2.49. The summed E-state index contributed by atoms with van der Waals surface area (Å²) in [6.45, 7) is 0. The second-order valence-corrected chi connectivity index (χ2v) is 4.90. The number of nitrogens with one attached hydrogen (secondary N) is 1. The maximum Gasteiger partial charge on any atom is 0.335 e. The average Bonchev–Trinajstić information content (AvgIpc) is 2.15. The molecule has 1 unspecified atom stereocenters. The van der Waals surface area contributed by atoms with E-state index in [1.54, 1.807) is 18.2 Å². The number of benzene rings is 1. The second-order valence-electron chi connectivity index (χ2n) is 3.74. The van der Waals surface area contributed by atoms with Gasteiger partial charge in [-0.1, -0.05) is 36.4 Å². The number of hydrogen-bond acceptors (Lipinski definition) is 3. The summed E-state index contributed by atoms with van der Waals surface area (Å²) in [6, 6.07) is 7.17. The lowest BCUT2D eigenvalue weighted by atomic mass is 9.88. The van der Waals surface area contributed by atoms with Gasteiger partial charge in [0.05, 0.1) is 0 Å². The quantitative estimate of drug-likeness (QED) is 0.521. The molecule has 4 N–H and O–H groups in total. The molecule has 1 aromatic carbocycles. The van der Waals surface area contributed by atoms with Gasteiger partial charge in [-0.2, -0.15) is 13.1 Å². The molecule has 1 aliphatic carbocycles. The zero-order valence-corrected chi connectivity index (χ0v) is 9.24. The molecular formula is C10H12N2O3S. The van der Waals surface area contributed by atoms with E-state index in [4.69, 9.17) is 10.3 Å². The molecule has 0 spiro atoms. The van der Waals surface area contributed by atoms with Crippen molar-refractivity contribution in [1.82, 2.24) is 4.72 Å². The van der Waals surface area contributed by atoms with Gasteiger partial charge >= 0.3 is 10.3 Å². The molecule has 0 heterocycles. The largest absolute Gasteiger partial charge is 0.335 e. The number of hydrogen-bond donors (Lipinski definition) is 3. The highest BCUT2D eigenvalue weighted by Crippen LogP contribution is 2.29. The first kappa shape index (κ1) is 11.3. The fourth-order valence-electron chi connectivity index (χ4n) is 1.86. The van der Waals surface area contributed by atoms with Crippen LogP contribution in [0.5, 0.6) is 0 Å². The molecule has 16 heavy (non-hydrogen) atoms. The highest BCUT2D eigenvalue weighted by Gasteiger charge is 2.33. The monoisotopic (exact) mass is 240 g/mol. The van der Waals surface area contributed by atoms with Crippen molar-refractivity contribution in [3.63, 3.8) is 0 Å². The van der Waals surface area contributed by atoms with Crippen LogP contribution in [0.3, 0.4) is 0 Å². The lowest BCUT2D eigenvalue weighted by molar-refractivity contribution is 0.375. The summed E-state index contributed by atoms with van der Waals surface area (Å²) in [5.41, 5.74) is 6.16. The first-order valence-corrected chi connectivity index (χ1v) is 6.16. The SMILES string of the molecule is NC1(NS(=O)(=O)O)CC=Cc2ccccc21. The fourth-order valence-corrected chi connectivity index (χ4v) is 2.51. The Morgan fingerprint density at radius 3 is 2.75 bits per heavy atom. The lowest BCUT2D eigenvalue weighted by Crippen LogP contribution is -2.53. The van der Waals surface area contributed by atoms with Crippen molar-refractivity contribution in [3.8, 4) is 0 Å². The van der Waals surface area contributed by atoms with E-state index < -0.39 is 16.0 Å². The van der Waals surface area contributed by atoms with E-state index in [0.29, 0.717) is 12.0 Å². The van der Waals surface area contributed by atoms with Crippen LogP contribution in [0.2, 0.25) is 0 Å². The molecule has 86 valence electrons. The van der Waals surface area contributed by atoms with Crippen LogP contribution in [-0.4, -0.2) is 13.0 Å². The zero-order chi connectivity index (χ0) is 11.8. The van der Waals surface area contributed by atoms with Gasteiger partial charge in [0.15, 0.2) is 0 Å². The third-order valence-corrected chi connectivity index (χ3v) is 3.11. The lowest BCUT2D eigenvalue weighted by Gasteiger charge is -2.32. The van der Waals surface area contributed by atoms with Gasteiger partial charge in [-0.3, -0.25) is 4.55 Å². The minimum atomic E-state index is -4.33. The van der Waals surface area contributed by atoms with E-state index in [0.717, 1.165) is 5.56 Å². The molecule has 2 rings (SSSR count). The molecule has 0 saturated heterocycles. The molecule has 0 saturated carbocycles. The number of rotatable bonds is 2. The van der Waals surface area contributed by atoms with Crippen molar-refractivity contribution in [3.05, 3.63) is 41.5 Å². The van der Waals surface area contributed by atoms with Crippen LogP contribution in [-0.2, 0) is 16.0 Å². The van der Waals surface area contributed by atoms with Gasteiger partial charge in [0.2, 0.25) is 0 Å². The van der Waals surface area contributed by atoms with Crippen molar-refractivity contribution in [1.29, 1.82) is 0 Å². The Kier molecular flexibility index (Phi) is 2.59. The average molecular weight is 240 g/mol. The van der Waals surface area contributed by atoms with Gasteiger partial charge in [-0.05, 0) is 11.1 Å². The van der Waals surface area contributed by atoms with Crippen LogP contribution in [0.25, 0.3) is 6.08 Å². The number of nitrogens with two attached hydrogens (primary N) is 1. The summed E-state index contributed by atoms with van der Waals surface area (Å²) in [4.78, 5) is 0. The van der Waals surface area contributed by atoms with Gasteiger partial charge in [0, 0.05) is 6.42 Å². The van der Waals surface area contributed by atoms with Crippen molar-refractivity contribution in [2.45, 2.75) is 12.1 Å². The molecule has 1 aromatic rings. The van der Waals surface area contributed by atoms with Gasteiger partial charge in [-0.25, -0.2) is 0 Å². The molecule has 1 aliphatic rings. The van der Waals surface area contributed by atoms with Crippen molar-refractivity contribution < 1.29 is 13.0 Å². The highest BCUT2D eigenvalue weighted by atomic mass is 32.2. The molecule has 5 nitrogen and oxygen atoms in total. The molecule has 0 bridgehead atoms. The van der Waals surface area contributed by atoms with Crippen molar-refractivity contribution in [2.75, 3.05) is 0 Å². The second kappa shape index (κ2) is 3.67. The predicted molar refractivity (Wildman–Crippen MR) is 60.6 cm³/mol. The standard InChI is InChI=1S/C10H12N2O3S/c11-10(12-16(13,14)15)7-3-5-8-4-1-2-6-9(8)10/h1-6,12H,7,11H2,(H,13,14,15). The molecule has 1 atom stereocenters. The molecule has 6 heteroatoms. The van der Waals surface area contributed by atoms with Crippen molar-refractivity contribution >= 4 is 16.4 Å². The maximum absolute atomic E-state index is 10.9. The molecular weight excluding hydrogens is 228 g/mol. The van der Waals surface area contributed by atoms with Crippen LogP contribution in [0.15, 0.2) is 30.3 Å². The van der Waals surface area contributed by atoms with E-state index in [1.807, 2.05) is 22.9 Å². The molecule has 0 fully saturated rings. The number of fused-ring (bicyclic) bond motifs is 1. The third kappa shape index (κ3) is 2.14. The summed E-state index contributed by atoms with van der Waals surface area (Å²) in [5, 5.41) is 0. The maximum atomic E-state index is 10.9. The van der Waals surface area contributed by atoms with Gasteiger partial charge in [0.25, 0.3) is 0 Å². The highest BCUT2D eigenvalue weighted by molar-refractivity contribution is 7.83. The Morgan fingerprint density at radius 2 is 2.06 bits per heavy atom. The minimum absolute atomic E-state index is 0.295. The summed E-state index contributed by atoms with van der Waals surface area (Å²) < 4.78 is 32.6.